The smallest absolute Gasteiger partial charge is 0.118 e. The molecule has 2 aromatic rings. The van der Waals surface area contributed by atoms with Crippen molar-refractivity contribution < 1.29 is 4.74 Å². The summed E-state index contributed by atoms with van der Waals surface area (Å²) in [5.74, 6) is 0.807. The first-order valence-corrected chi connectivity index (χ1v) is 7.51. The van der Waals surface area contributed by atoms with Crippen LogP contribution >= 0.6 is 27.7 Å². The minimum absolute atomic E-state index is 0.650. The van der Waals surface area contributed by atoms with E-state index in [0.29, 0.717) is 4.91 Å². The van der Waals surface area contributed by atoms with Crippen LogP contribution in [-0.4, -0.2) is 7.11 Å². The van der Waals surface area contributed by atoms with Gasteiger partial charge in [-0.3, -0.25) is 0 Å². The standard InChI is InChI=1S/C16H12BrNOS/c1-19-14-6-2-12(3-7-14)10-16(11-18)20-15-8-4-13(17)5-9-15/h2-10H,1H3. The van der Waals surface area contributed by atoms with Gasteiger partial charge in [0.25, 0.3) is 0 Å². The van der Waals surface area contributed by atoms with Crippen molar-refractivity contribution in [1.82, 2.24) is 0 Å². The second-order valence-electron chi connectivity index (χ2n) is 3.95. The van der Waals surface area contributed by atoms with Crippen LogP contribution in [0, 0.1) is 11.3 Å². The van der Waals surface area contributed by atoms with E-state index in [-0.39, 0.29) is 0 Å². The third kappa shape index (κ3) is 4.16. The number of rotatable bonds is 4. The molecule has 2 aromatic carbocycles. The Hall–Kier alpha value is -1.70. The van der Waals surface area contributed by atoms with Gasteiger partial charge in [-0.05, 0) is 48.0 Å². The van der Waals surface area contributed by atoms with Gasteiger partial charge in [0, 0.05) is 9.37 Å². The van der Waals surface area contributed by atoms with Crippen LogP contribution in [0.2, 0.25) is 0 Å². The number of hydrogen-bond donors (Lipinski definition) is 0. The molecule has 0 saturated heterocycles. The largest absolute Gasteiger partial charge is 0.497 e. The van der Waals surface area contributed by atoms with Crippen molar-refractivity contribution in [2.24, 2.45) is 0 Å². The van der Waals surface area contributed by atoms with E-state index >= 15 is 0 Å². The SMILES string of the molecule is COc1ccc(C=C(C#N)Sc2ccc(Br)cc2)cc1. The number of halogens is 1. The Morgan fingerprint density at radius 1 is 1.15 bits per heavy atom. The van der Waals surface area contributed by atoms with Gasteiger partial charge >= 0.3 is 0 Å². The molecule has 0 aliphatic heterocycles. The fourth-order valence-electron chi connectivity index (χ4n) is 1.57. The molecule has 0 fully saturated rings. The van der Waals surface area contributed by atoms with E-state index in [1.165, 1.54) is 11.8 Å². The summed E-state index contributed by atoms with van der Waals surface area (Å²) in [6, 6.07) is 17.7. The molecule has 2 rings (SSSR count). The lowest BCUT2D eigenvalue weighted by Gasteiger charge is -2.02. The summed E-state index contributed by atoms with van der Waals surface area (Å²) in [6.07, 6.45) is 1.87. The molecule has 100 valence electrons. The zero-order valence-corrected chi connectivity index (χ0v) is 13.2. The highest BCUT2D eigenvalue weighted by atomic mass is 79.9. The summed E-state index contributed by atoms with van der Waals surface area (Å²) in [7, 11) is 1.63. The number of ether oxygens (including phenoxy) is 1. The Labute approximate surface area is 131 Å². The molecule has 0 amide bonds. The first-order chi connectivity index (χ1) is 9.71. The average molecular weight is 346 g/mol. The molecule has 2 nitrogen and oxygen atoms in total. The molecule has 0 aromatic heterocycles. The molecule has 0 saturated carbocycles. The van der Waals surface area contributed by atoms with E-state index < -0.39 is 0 Å². The molecule has 0 heterocycles. The van der Waals surface area contributed by atoms with Crippen LogP contribution in [0.5, 0.6) is 5.75 Å². The number of allylic oxidation sites excluding steroid dienone is 1. The second kappa shape index (κ2) is 7.18. The lowest BCUT2D eigenvalue weighted by Crippen LogP contribution is -1.82. The van der Waals surface area contributed by atoms with Crippen molar-refractivity contribution in [3.8, 4) is 11.8 Å². The predicted molar refractivity (Wildman–Crippen MR) is 86.6 cm³/mol. The number of nitriles is 1. The highest BCUT2D eigenvalue weighted by molar-refractivity contribution is 9.10. The van der Waals surface area contributed by atoms with Crippen LogP contribution in [0.15, 0.2) is 62.8 Å². The molecule has 0 N–H and O–H groups in total. The van der Waals surface area contributed by atoms with Crippen LogP contribution in [0.25, 0.3) is 6.08 Å². The van der Waals surface area contributed by atoms with Gasteiger partial charge in [-0.15, -0.1) is 0 Å². The quantitative estimate of drug-likeness (QED) is 0.569. The molecule has 0 radical (unpaired) electrons. The lowest BCUT2D eigenvalue weighted by molar-refractivity contribution is 0.415. The zero-order valence-electron chi connectivity index (χ0n) is 10.8. The van der Waals surface area contributed by atoms with Crippen LogP contribution in [0.1, 0.15) is 5.56 Å². The second-order valence-corrected chi connectivity index (χ2v) is 5.98. The molecule has 0 unspecified atom stereocenters. The summed E-state index contributed by atoms with van der Waals surface area (Å²) < 4.78 is 6.14. The molecule has 0 aliphatic carbocycles. The van der Waals surface area contributed by atoms with Crippen molar-refractivity contribution in [1.29, 1.82) is 5.26 Å². The molecule has 0 bridgehead atoms. The van der Waals surface area contributed by atoms with Gasteiger partial charge in [-0.2, -0.15) is 5.26 Å². The van der Waals surface area contributed by atoms with Gasteiger partial charge in [0.05, 0.1) is 12.0 Å². The Morgan fingerprint density at radius 2 is 1.80 bits per heavy atom. The molecule has 4 heteroatoms. The Morgan fingerprint density at radius 3 is 2.35 bits per heavy atom. The van der Waals surface area contributed by atoms with E-state index in [2.05, 4.69) is 22.0 Å². The van der Waals surface area contributed by atoms with E-state index in [1.807, 2.05) is 54.6 Å². The summed E-state index contributed by atoms with van der Waals surface area (Å²) >= 11 is 4.85. The van der Waals surface area contributed by atoms with Crippen molar-refractivity contribution >= 4 is 33.8 Å². The third-order valence-corrected chi connectivity index (χ3v) is 4.03. The van der Waals surface area contributed by atoms with Gasteiger partial charge in [0.1, 0.15) is 11.8 Å². The van der Waals surface area contributed by atoms with Crippen LogP contribution in [0.3, 0.4) is 0 Å². The van der Waals surface area contributed by atoms with Crippen molar-refractivity contribution in [2.75, 3.05) is 7.11 Å². The third-order valence-electron chi connectivity index (χ3n) is 2.57. The van der Waals surface area contributed by atoms with Gasteiger partial charge in [0.15, 0.2) is 0 Å². The Balaban J connectivity index is 2.16. The van der Waals surface area contributed by atoms with Crippen molar-refractivity contribution in [3.05, 3.63) is 63.5 Å². The summed E-state index contributed by atoms with van der Waals surface area (Å²) in [5, 5.41) is 9.23. The topological polar surface area (TPSA) is 33.0 Å². The number of methoxy groups -OCH3 is 1. The maximum atomic E-state index is 9.23. The number of benzene rings is 2. The first-order valence-electron chi connectivity index (χ1n) is 5.90. The van der Waals surface area contributed by atoms with E-state index in [9.17, 15) is 5.26 Å². The summed E-state index contributed by atoms with van der Waals surface area (Å²) in [6.45, 7) is 0. The minimum Gasteiger partial charge on any atom is -0.497 e. The minimum atomic E-state index is 0.650. The van der Waals surface area contributed by atoms with E-state index in [1.54, 1.807) is 7.11 Å². The number of nitrogens with zero attached hydrogens (tertiary/aromatic N) is 1. The highest BCUT2D eigenvalue weighted by Crippen LogP contribution is 2.29. The number of thioether (sulfide) groups is 1. The molecule has 0 spiro atoms. The average Bonchev–Trinajstić information content (AvgIpc) is 2.49. The van der Waals surface area contributed by atoms with E-state index in [0.717, 1.165) is 20.7 Å². The lowest BCUT2D eigenvalue weighted by atomic mass is 10.2. The maximum absolute atomic E-state index is 9.23. The van der Waals surface area contributed by atoms with Gasteiger partial charge in [0.2, 0.25) is 0 Å². The molecule has 20 heavy (non-hydrogen) atoms. The summed E-state index contributed by atoms with van der Waals surface area (Å²) in [5.41, 5.74) is 0.979. The van der Waals surface area contributed by atoms with Crippen LogP contribution < -0.4 is 4.74 Å². The number of hydrogen-bond acceptors (Lipinski definition) is 3. The summed E-state index contributed by atoms with van der Waals surface area (Å²) in [4.78, 5) is 1.69. The Bertz CT molecular complexity index is 642. The van der Waals surface area contributed by atoms with Crippen LogP contribution in [-0.2, 0) is 0 Å². The van der Waals surface area contributed by atoms with Gasteiger partial charge in [-0.1, -0.05) is 39.8 Å². The molecular weight excluding hydrogens is 334 g/mol. The first kappa shape index (κ1) is 14.7. The molecule has 0 aliphatic rings. The monoisotopic (exact) mass is 345 g/mol. The van der Waals surface area contributed by atoms with Crippen molar-refractivity contribution in [2.45, 2.75) is 4.90 Å². The van der Waals surface area contributed by atoms with Gasteiger partial charge < -0.3 is 4.74 Å². The zero-order chi connectivity index (χ0) is 14.4. The Kier molecular flexibility index (Phi) is 5.28. The van der Waals surface area contributed by atoms with E-state index in [4.69, 9.17) is 4.74 Å². The van der Waals surface area contributed by atoms with Crippen LogP contribution in [0.4, 0.5) is 0 Å². The fourth-order valence-corrected chi connectivity index (χ4v) is 2.60. The van der Waals surface area contributed by atoms with Gasteiger partial charge in [-0.25, -0.2) is 0 Å². The van der Waals surface area contributed by atoms with Crippen molar-refractivity contribution in [3.63, 3.8) is 0 Å². The molecular formula is C16H12BrNOS. The fraction of sp³-hybridized carbons (Fsp3) is 0.0625. The predicted octanol–water partition coefficient (Wildman–Crippen LogP) is 5.11. The highest BCUT2D eigenvalue weighted by Gasteiger charge is 2.01. The normalized spacial score (nSPS) is 10.9. The molecule has 0 atom stereocenters. The maximum Gasteiger partial charge on any atom is 0.118 e.